The molecule has 2 aromatic carbocycles. The van der Waals surface area contributed by atoms with Gasteiger partial charge < -0.3 is 10.2 Å². The summed E-state index contributed by atoms with van der Waals surface area (Å²) < 4.78 is 13.3. The van der Waals surface area contributed by atoms with Gasteiger partial charge in [0.1, 0.15) is 11.9 Å². The number of nitrogens with zero attached hydrogens (tertiary/aromatic N) is 1. The van der Waals surface area contributed by atoms with E-state index in [9.17, 15) is 14.0 Å². The minimum atomic E-state index is -0.561. The monoisotopic (exact) mass is 450 g/mol. The Kier molecular flexibility index (Phi) is 10.2. The maximum atomic E-state index is 13.3. The number of rotatable bonds is 11. The van der Waals surface area contributed by atoms with E-state index in [1.54, 1.807) is 28.8 Å². The predicted octanol–water partition coefficient (Wildman–Crippen LogP) is 5.29. The minimum absolute atomic E-state index is 0.0979. The molecule has 2 amide bonds. The quantitative estimate of drug-likeness (QED) is 0.473. The van der Waals surface area contributed by atoms with Gasteiger partial charge in [0.25, 0.3) is 0 Å². The van der Waals surface area contributed by atoms with Crippen molar-refractivity contribution < 1.29 is 14.0 Å². The fraction of sp³-hybridized carbons (Fsp3) is 0.391. The summed E-state index contributed by atoms with van der Waals surface area (Å²) in [6.07, 6.45) is 1.63. The third-order valence-electron chi connectivity index (χ3n) is 4.60. The van der Waals surface area contributed by atoms with Crippen LogP contribution in [0.5, 0.6) is 0 Å². The average Bonchev–Trinajstić information content (AvgIpc) is 2.74. The van der Waals surface area contributed by atoms with E-state index in [0.717, 1.165) is 16.9 Å². The SMILES string of the molecule is CCCNC(=O)[C@@H](CC)N(Cc1ccc(F)cc1)C(=O)CCSc1ccc(Cl)cc1. The Balaban J connectivity index is 2.09. The van der Waals surface area contributed by atoms with Crippen LogP contribution in [0, 0.1) is 5.82 Å². The summed E-state index contributed by atoms with van der Waals surface area (Å²) in [4.78, 5) is 28.4. The Hall–Kier alpha value is -2.05. The topological polar surface area (TPSA) is 49.4 Å². The maximum absolute atomic E-state index is 13.3. The van der Waals surface area contributed by atoms with Gasteiger partial charge in [0, 0.05) is 35.2 Å². The van der Waals surface area contributed by atoms with E-state index in [-0.39, 0.29) is 24.2 Å². The first kappa shape index (κ1) is 24.2. The van der Waals surface area contributed by atoms with Crippen LogP contribution >= 0.6 is 23.4 Å². The molecule has 0 spiro atoms. The van der Waals surface area contributed by atoms with Gasteiger partial charge in [-0.15, -0.1) is 11.8 Å². The summed E-state index contributed by atoms with van der Waals surface area (Å²) in [5.74, 6) is 0.0103. The molecule has 0 saturated carbocycles. The van der Waals surface area contributed by atoms with Gasteiger partial charge in [0.2, 0.25) is 11.8 Å². The van der Waals surface area contributed by atoms with Gasteiger partial charge in [-0.1, -0.05) is 37.6 Å². The zero-order chi connectivity index (χ0) is 21.9. The Morgan fingerprint density at radius 3 is 2.37 bits per heavy atom. The summed E-state index contributed by atoms with van der Waals surface area (Å²) in [6, 6.07) is 12.9. The molecule has 0 aliphatic rings. The summed E-state index contributed by atoms with van der Waals surface area (Å²) in [5.41, 5.74) is 0.789. The smallest absolute Gasteiger partial charge is 0.242 e. The first-order valence-electron chi connectivity index (χ1n) is 10.1. The lowest BCUT2D eigenvalue weighted by molar-refractivity contribution is -0.141. The highest BCUT2D eigenvalue weighted by molar-refractivity contribution is 7.99. The van der Waals surface area contributed by atoms with Crippen LogP contribution in [0.25, 0.3) is 0 Å². The minimum Gasteiger partial charge on any atom is -0.354 e. The van der Waals surface area contributed by atoms with E-state index < -0.39 is 6.04 Å². The summed E-state index contributed by atoms with van der Waals surface area (Å²) >= 11 is 7.48. The predicted molar refractivity (Wildman–Crippen MR) is 121 cm³/mol. The lowest BCUT2D eigenvalue weighted by atomic mass is 10.1. The van der Waals surface area contributed by atoms with Crippen molar-refractivity contribution in [1.82, 2.24) is 10.2 Å². The van der Waals surface area contributed by atoms with E-state index in [2.05, 4.69) is 5.32 Å². The van der Waals surface area contributed by atoms with Crippen molar-refractivity contribution in [3.05, 3.63) is 64.9 Å². The molecule has 2 rings (SSSR count). The number of benzene rings is 2. The van der Waals surface area contributed by atoms with Gasteiger partial charge in [0.15, 0.2) is 0 Å². The molecule has 1 N–H and O–H groups in total. The van der Waals surface area contributed by atoms with Crippen LogP contribution in [0.1, 0.15) is 38.7 Å². The lowest BCUT2D eigenvalue weighted by Crippen LogP contribution is -2.49. The van der Waals surface area contributed by atoms with Gasteiger partial charge in [-0.3, -0.25) is 9.59 Å². The van der Waals surface area contributed by atoms with E-state index in [0.29, 0.717) is 30.2 Å². The number of hydrogen-bond acceptors (Lipinski definition) is 3. The second-order valence-corrected chi connectivity index (χ2v) is 8.52. The third kappa shape index (κ3) is 7.65. The second kappa shape index (κ2) is 12.6. The Morgan fingerprint density at radius 2 is 1.77 bits per heavy atom. The Morgan fingerprint density at radius 1 is 1.10 bits per heavy atom. The number of carbonyl (C=O) groups excluding carboxylic acids is 2. The normalized spacial score (nSPS) is 11.7. The molecule has 0 aliphatic carbocycles. The van der Waals surface area contributed by atoms with Crippen molar-refractivity contribution in [1.29, 1.82) is 0 Å². The number of amides is 2. The number of hydrogen-bond donors (Lipinski definition) is 1. The molecule has 162 valence electrons. The van der Waals surface area contributed by atoms with Crippen molar-refractivity contribution in [3.63, 3.8) is 0 Å². The second-order valence-electron chi connectivity index (χ2n) is 6.92. The van der Waals surface area contributed by atoms with Crippen molar-refractivity contribution >= 4 is 35.2 Å². The zero-order valence-corrected chi connectivity index (χ0v) is 18.9. The van der Waals surface area contributed by atoms with Crippen molar-refractivity contribution in [2.75, 3.05) is 12.3 Å². The standard InChI is InChI=1S/C23H28ClFN2O2S/c1-3-14-26-23(29)21(4-2)27(16-17-5-9-19(25)10-6-17)22(28)13-15-30-20-11-7-18(24)8-12-20/h5-12,21H,3-4,13-16H2,1-2H3,(H,26,29)/t21-/m1/s1. The van der Waals surface area contributed by atoms with Crippen LogP contribution in [0.4, 0.5) is 4.39 Å². The molecular weight excluding hydrogens is 423 g/mol. The van der Waals surface area contributed by atoms with E-state index >= 15 is 0 Å². The third-order valence-corrected chi connectivity index (χ3v) is 5.87. The van der Waals surface area contributed by atoms with Crippen LogP contribution in [0.15, 0.2) is 53.4 Å². The first-order valence-corrected chi connectivity index (χ1v) is 11.5. The Labute approximate surface area is 187 Å². The van der Waals surface area contributed by atoms with Gasteiger partial charge in [0.05, 0.1) is 0 Å². The molecule has 0 heterocycles. The average molecular weight is 451 g/mol. The lowest BCUT2D eigenvalue weighted by Gasteiger charge is -2.30. The molecule has 4 nitrogen and oxygen atoms in total. The molecule has 0 bridgehead atoms. The van der Waals surface area contributed by atoms with Crippen molar-refractivity contribution in [2.24, 2.45) is 0 Å². The van der Waals surface area contributed by atoms with Gasteiger partial charge in [-0.05, 0) is 54.8 Å². The molecule has 1 atom stereocenters. The van der Waals surface area contributed by atoms with Crippen LogP contribution < -0.4 is 5.32 Å². The molecule has 0 saturated heterocycles. The molecule has 0 radical (unpaired) electrons. The fourth-order valence-electron chi connectivity index (χ4n) is 3.00. The number of nitrogens with one attached hydrogen (secondary N) is 1. The van der Waals surface area contributed by atoms with E-state index in [4.69, 9.17) is 11.6 Å². The van der Waals surface area contributed by atoms with Crippen LogP contribution in [0.3, 0.4) is 0 Å². The molecule has 2 aromatic rings. The molecule has 0 unspecified atom stereocenters. The van der Waals surface area contributed by atoms with Crippen molar-refractivity contribution in [2.45, 2.75) is 50.6 Å². The maximum Gasteiger partial charge on any atom is 0.242 e. The number of carbonyl (C=O) groups is 2. The summed E-state index contributed by atoms with van der Waals surface area (Å²) in [5, 5.41) is 3.56. The highest BCUT2D eigenvalue weighted by atomic mass is 35.5. The molecule has 7 heteroatoms. The molecule has 0 fully saturated rings. The van der Waals surface area contributed by atoms with Crippen LogP contribution in [-0.4, -0.2) is 35.1 Å². The molecule has 30 heavy (non-hydrogen) atoms. The van der Waals surface area contributed by atoms with E-state index in [1.807, 2.05) is 38.1 Å². The fourth-order valence-corrected chi connectivity index (χ4v) is 3.97. The number of thioether (sulfide) groups is 1. The van der Waals surface area contributed by atoms with Gasteiger partial charge in [-0.2, -0.15) is 0 Å². The van der Waals surface area contributed by atoms with Crippen LogP contribution in [0.2, 0.25) is 5.02 Å². The summed E-state index contributed by atoms with van der Waals surface area (Å²) in [6.45, 7) is 4.71. The largest absolute Gasteiger partial charge is 0.354 e. The van der Waals surface area contributed by atoms with Crippen LogP contribution in [-0.2, 0) is 16.1 Å². The summed E-state index contributed by atoms with van der Waals surface area (Å²) in [7, 11) is 0. The highest BCUT2D eigenvalue weighted by Crippen LogP contribution is 2.22. The zero-order valence-electron chi connectivity index (χ0n) is 17.4. The van der Waals surface area contributed by atoms with Gasteiger partial charge in [-0.25, -0.2) is 4.39 Å². The van der Waals surface area contributed by atoms with E-state index in [1.165, 1.54) is 12.1 Å². The molecule has 0 aromatic heterocycles. The number of halogens is 2. The molecular formula is C23H28ClFN2O2S. The highest BCUT2D eigenvalue weighted by Gasteiger charge is 2.28. The van der Waals surface area contributed by atoms with Gasteiger partial charge >= 0.3 is 0 Å². The Bertz CT molecular complexity index is 815. The first-order chi connectivity index (χ1) is 14.4. The van der Waals surface area contributed by atoms with Crippen molar-refractivity contribution in [3.8, 4) is 0 Å². The molecule has 0 aliphatic heterocycles.